The molecule has 0 aliphatic carbocycles. The number of benzene rings is 1. The first-order chi connectivity index (χ1) is 10.5. The summed E-state index contributed by atoms with van der Waals surface area (Å²) in [6, 6.07) is 2.68. The van der Waals surface area contributed by atoms with Crippen LogP contribution in [-0.4, -0.2) is 42.7 Å². The van der Waals surface area contributed by atoms with Crippen LogP contribution in [0, 0.1) is 11.7 Å². The Morgan fingerprint density at radius 1 is 1.36 bits per heavy atom. The molecule has 0 radical (unpaired) electrons. The lowest BCUT2D eigenvalue weighted by Gasteiger charge is -2.19. The summed E-state index contributed by atoms with van der Waals surface area (Å²) in [6.07, 6.45) is 0.330. The van der Waals surface area contributed by atoms with Crippen molar-refractivity contribution >= 4 is 17.5 Å². The zero-order chi connectivity index (χ0) is 15.7. The molecule has 2 amide bonds. The van der Waals surface area contributed by atoms with E-state index in [-0.39, 0.29) is 17.4 Å². The largest absolute Gasteiger partial charge is 0.391 e. The third-order valence-electron chi connectivity index (χ3n) is 4.16. The number of amides is 2. The highest BCUT2D eigenvalue weighted by Crippen LogP contribution is 2.26. The fraction of sp³-hybridized carbons (Fsp3) is 0.467. The van der Waals surface area contributed by atoms with E-state index in [1.165, 1.54) is 12.1 Å². The third-order valence-corrected chi connectivity index (χ3v) is 4.16. The predicted octanol–water partition coefficient (Wildman–Crippen LogP) is 0.0205. The van der Waals surface area contributed by atoms with Crippen LogP contribution in [0.2, 0.25) is 0 Å². The molecule has 1 aromatic carbocycles. The first kappa shape index (κ1) is 14.9. The summed E-state index contributed by atoms with van der Waals surface area (Å²) in [6.45, 7) is 1.42. The van der Waals surface area contributed by atoms with Gasteiger partial charge in [0.05, 0.1) is 11.7 Å². The van der Waals surface area contributed by atoms with Crippen molar-refractivity contribution in [2.45, 2.75) is 18.9 Å². The minimum Gasteiger partial charge on any atom is -0.391 e. The molecule has 2 unspecified atom stereocenters. The predicted molar refractivity (Wildman–Crippen MR) is 78.1 cm³/mol. The van der Waals surface area contributed by atoms with Gasteiger partial charge in [0.2, 0.25) is 5.91 Å². The maximum Gasteiger partial charge on any atom is 0.254 e. The molecule has 0 saturated carbocycles. The Labute approximate surface area is 127 Å². The molecule has 1 fully saturated rings. The van der Waals surface area contributed by atoms with Crippen molar-refractivity contribution in [1.29, 1.82) is 0 Å². The van der Waals surface area contributed by atoms with Gasteiger partial charge in [-0.1, -0.05) is 0 Å². The smallest absolute Gasteiger partial charge is 0.254 e. The Kier molecular flexibility index (Phi) is 4.08. The zero-order valence-electron chi connectivity index (χ0n) is 12.0. The third kappa shape index (κ3) is 2.95. The van der Waals surface area contributed by atoms with Gasteiger partial charge >= 0.3 is 0 Å². The molecular weight excluding hydrogens is 289 g/mol. The molecule has 0 spiro atoms. The monoisotopic (exact) mass is 307 g/mol. The van der Waals surface area contributed by atoms with Crippen LogP contribution in [-0.2, 0) is 11.2 Å². The van der Waals surface area contributed by atoms with E-state index < -0.39 is 17.8 Å². The molecule has 7 heteroatoms. The van der Waals surface area contributed by atoms with Crippen LogP contribution in [0.1, 0.15) is 22.3 Å². The van der Waals surface area contributed by atoms with Gasteiger partial charge in [0, 0.05) is 37.7 Å². The standard InChI is InChI=1S/C15H18FN3O3/c16-11-4-12-8(1-2-14(21)19-12)3-10(11)15(22)18-6-9-5-17-7-13(9)20/h3-4,9,13,17,20H,1-2,5-7H2,(H,18,22)(H,19,21). The van der Waals surface area contributed by atoms with Gasteiger partial charge in [-0.2, -0.15) is 0 Å². The molecule has 2 heterocycles. The Morgan fingerprint density at radius 3 is 2.91 bits per heavy atom. The van der Waals surface area contributed by atoms with Gasteiger partial charge in [-0.3, -0.25) is 9.59 Å². The number of halogens is 1. The van der Waals surface area contributed by atoms with Crippen LogP contribution in [0.4, 0.5) is 10.1 Å². The van der Waals surface area contributed by atoms with Crippen molar-refractivity contribution in [3.8, 4) is 0 Å². The summed E-state index contributed by atoms with van der Waals surface area (Å²) in [5, 5.41) is 18.0. The van der Waals surface area contributed by atoms with Gasteiger partial charge in [-0.15, -0.1) is 0 Å². The van der Waals surface area contributed by atoms with E-state index in [0.29, 0.717) is 38.2 Å². The number of fused-ring (bicyclic) bond motifs is 1. The maximum atomic E-state index is 14.1. The number of aryl methyl sites for hydroxylation is 1. The van der Waals surface area contributed by atoms with E-state index in [0.717, 1.165) is 5.56 Å². The Bertz CT molecular complexity index is 620. The molecule has 1 aromatic rings. The van der Waals surface area contributed by atoms with Crippen molar-refractivity contribution in [2.24, 2.45) is 5.92 Å². The summed E-state index contributed by atoms with van der Waals surface area (Å²) in [5.41, 5.74) is 1.16. The summed E-state index contributed by atoms with van der Waals surface area (Å²) in [7, 11) is 0. The van der Waals surface area contributed by atoms with E-state index in [2.05, 4.69) is 16.0 Å². The molecule has 4 N–H and O–H groups in total. The van der Waals surface area contributed by atoms with Gasteiger partial charge in [0.25, 0.3) is 5.91 Å². The average Bonchev–Trinajstić information content (AvgIpc) is 2.89. The number of hydrogen-bond acceptors (Lipinski definition) is 4. The van der Waals surface area contributed by atoms with Gasteiger partial charge in [0.1, 0.15) is 5.82 Å². The second-order valence-corrected chi connectivity index (χ2v) is 5.73. The van der Waals surface area contributed by atoms with Crippen LogP contribution in [0.15, 0.2) is 12.1 Å². The SMILES string of the molecule is O=C1CCc2cc(C(=O)NCC3CNCC3O)c(F)cc2N1. The highest BCUT2D eigenvalue weighted by atomic mass is 19.1. The number of carbonyl (C=O) groups excluding carboxylic acids is 2. The summed E-state index contributed by atoms with van der Waals surface area (Å²) in [4.78, 5) is 23.4. The fourth-order valence-electron chi connectivity index (χ4n) is 2.82. The lowest BCUT2D eigenvalue weighted by Crippen LogP contribution is -2.35. The first-order valence-corrected chi connectivity index (χ1v) is 7.34. The van der Waals surface area contributed by atoms with Gasteiger partial charge in [-0.25, -0.2) is 4.39 Å². The molecule has 1 saturated heterocycles. The molecule has 2 aliphatic heterocycles. The van der Waals surface area contributed by atoms with Crippen LogP contribution in [0.3, 0.4) is 0 Å². The first-order valence-electron chi connectivity index (χ1n) is 7.34. The number of carbonyl (C=O) groups is 2. The average molecular weight is 307 g/mol. The molecule has 3 rings (SSSR count). The van der Waals surface area contributed by atoms with E-state index in [1.54, 1.807) is 0 Å². The number of anilines is 1. The fourth-order valence-corrected chi connectivity index (χ4v) is 2.82. The summed E-state index contributed by atoms with van der Waals surface area (Å²) in [5.74, 6) is -1.38. The minimum atomic E-state index is -0.663. The molecular formula is C15H18FN3O3. The van der Waals surface area contributed by atoms with Crippen molar-refractivity contribution in [3.63, 3.8) is 0 Å². The number of β-amino-alcohol motifs (C(OH)–C–C–N with tert-alkyl or cyclic N) is 1. The van der Waals surface area contributed by atoms with Gasteiger partial charge in [-0.05, 0) is 24.1 Å². The highest BCUT2D eigenvalue weighted by Gasteiger charge is 2.26. The second kappa shape index (κ2) is 6.02. The van der Waals surface area contributed by atoms with E-state index in [1.807, 2.05) is 0 Å². The van der Waals surface area contributed by atoms with E-state index in [4.69, 9.17) is 0 Å². The molecule has 2 aliphatic rings. The van der Waals surface area contributed by atoms with Crippen LogP contribution in [0.25, 0.3) is 0 Å². The van der Waals surface area contributed by atoms with Crippen LogP contribution >= 0.6 is 0 Å². The lowest BCUT2D eigenvalue weighted by atomic mass is 9.99. The van der Waals surface area contributed by atoms with Crippen molar-refractivity contribution in [3.05, 3.63) is 29.1 Å². The number of nitrogens with one attached hydrogen (secondary N) is 3. The summed E-state index contributed by atoms with van der Waals surface area (Å²) >= 11 is 0. The number of aliphatic hydroxyl groups is 1. The Hall–Kier alpha value is -1.99. The van der Waals surface area contributed by atoms with Crippen molar-refractivity contribution in [1.82, 2.24) is 10.6 Å². The minimum absolute atomic E-state index is 0.0321. The quantitative estimate of drug-likeness (QED) is 0.634. The van der Waals surface area contributed by atoms with E-state index >= 15 is 0 Å². The van der Waals surface area contributed by atoms with Crippen LogP contribution in [0.5, 0.6) is 0 Å². The second-order valence-electron chi connectivity index (χ2n) is 5.73. The van der Waals surface area contributed by atoms with E-state index in [9.17, 15) is 19.1 Å². The summed E-state index contributed by atoms with van der Waals surface area (Å²) < 4.78 is 14.1. The number of aliphatic hydroxyl groups excluding tert-OH is 1. The molecule has 6 nitrogen and oxygen atoms in total. The van der Waals surface area contributed by atoms with Gasteiger partial charge in [0.15, 0.2) is 0 Å². The molecule has 0 aromatic heterocycles. The Balaban J connectivity index is 1.71. The number of hydrogen-bond donors (Lipinski definition) is 4. The van der Waals surface area contributed by atoms with Crippen LogP contribution < -0.4 is 16.0 Å². The zero-order valence-corrected chi connectivity index (χ0v) is 12.0. The normalized spacial score (nSPS) is 23.8. The highest BCUT2D eigenvalue weighted by molar-refractivity contribution is 5.98. The lowest BCUT2D eigenvalue weighted by molar-refractivity contribution is -0.116. The number of rotatable bonds is 3. The molecule has 0 bridgehead atoms. The maximum absolute atomic E-state index is 14.1. The molecule has 2 atom stereocenters. The molecule has 22 heavy (non-hydrogen) atoms. The topological polar surface area (TPSA) is 90.5 Å². The van der Waals surface area contributed by atoms with Gasteiger partial charge < -0.3 is 21.1 Å². The molecule has 118 valence electrons. The Morgan fingerprint density at radius 2 is 2.18 bits per heavy atom. The van der Waals surface area contributed by atoms with Crippen molar-refractivity contribution < 1.29 is 19.1 Å². The van der Waals surface area contributed by atoms with Crippen molar-refractivity contribution in [2.75, 3.05) is 25.0 Å².